The SMILES string of the molecule is CC(C)C#N.CC(C)S(=O)(=O)N(C)C.CON(C)C(=O)C(C)C. The van der Waals surface area contributed by atoms with Gasteiger partial charge >= 0.3 is 0 Å². The first-order chi connectivity index (χ1) is 10.2. The molecule has 0 aliphatic heterocycles. The summed E-state index contributed by atoms with van der Waals surface area (Å²) in [6, 6.07) is 2.03. The Morgan fingerprint density at radius 3 is 1.43 bits per heavy atom. The van der Waals surface area contributed by atoms with Crippen LogP contribution < -0.4 is 0 Å². The highest BCUT2D eigenvalue weighted by Gasteiger charge is 2.17. The first-order valence-electron chi connectivity index (χ1n) is 7.38. The number of hydrogen-bond donors (Lipinski definition) is 0. The topological polar surface area (TPSA) is 90.7 Å². The van der Waals surface area contributed by atoms with Gasteiger partial charge in [-0.3, -0.25) is 9.63 Å². The van der Waals surface area contributed by atoms with Crippen molar-refractivity contribution in [3.05, 3.63) is 0 Å². The first kappa shape index (κ1) is 26.7. The molecule has 0 fully saturated rings. The molecular formula is C15H33N3O4S. The van der Waals surface area contributed by atoms with Crippen molar-refractivity contribution in [3.63, 3.8) is 0 Å². The summed E-state index contributed by atoms with van der Waals surface area (Å²) in [4.78, 5) is 15.5. The average Bonchev–Trinajstić information content (AvgIpc) is 2.46. The van der Waals surface area contributed by atoms with Crippen molar-refractivity contribution in [3.8, 4) is 6.07 Å². The van der Waals surface area contributed by atoms with E-state index in [-0.39, 0.29) is 23.0 Å². The Hall–Kier alpha value is -1.17. The van der Waals surface area contributed by atoms with Crippen molar-refractivity contribution in [2.24, 2.45) is 11.8 Å². The monoisotopic (exact) mass is 351 g/mol. The van der Waals surface area contributed by atoms with Gasteiger partial charge in [0.1, 0.15) is 0 Å². The summed E-state index contributed by atoms with van der Waals surface area (Å²) in [7, 11) is 3.16. The molecule has 0 N–H and O–H groups in total. The largest absolute Gasteiger partial charge is 0.275 e. The lowest BCUT2D eigenvalue weighted by atomic mass is 10.2. The molecule has 8 heteroatoms. The van der Waals surface area contributed by atoms with Gasteiger partial charge in [-0.05, 0) is 27.7 Å². The number of carbonyl (C=O) groups is 1. The second-order valence-corrected chi connectivity index (χ2v) is 8.54. The Balaban J connectivity index is -0.000000273. The molecule has 0 spiro atoms. The summed E-state index contributed by atoms with van der Waals surface area (Å²) in [5.41, 5.74) is 0. The summed E-state index contributed by atoms with van der Waals surface area (Å²) in [5.74, 6) is 0.197. The lowest BCUT2D eigenvalue weighted by Crippen LogP contribution is -2.29. The maximum atomic E-state index is 11.0. The molecule has 0 aromatic heterocycles. The van der Waals surface area contributed by atoms with E-state index < -0.39 is 10.0 Å². The number of amides is 1. The predicted molar refractivity (Wildman–Crippen MR) is 92.8 cm³/mol. The number of rotatable bonds is 4. The molecule has 0 unspecified atom stereocenters. The Morgan fingerprint density at radius 1 is 1.04 bits per heavy atom. The lowest BCUT2D eigenvalue weighted by Gasteiger charge is -2.15. The van der Waals surface area contributed by atoms with E-state index in [1.165, 1.54) is 30.6 Å². The molecule has 7 nitrogen and oxygen atoms in total. The molecule has 1 amide bonds. The van der Waals surface area contributed by atoms with Gasteiger partial charge in [-0.2, -0.15) is 5.26 Å². The highest BCUT2D eigenvalue weighted by atomic mass is 32.2. The van der Waals surface area contributed by atoms with Crippen LogP contribution in [-0.4, -0.2) is 57.2 Å². The minimum Gasteiger partial charge on any atom is -0.275 e. The smallest absolute Gasteiger partial charge is 0.248 e. The van der Waals surface area contributed by atoms with Gasteiger partial charge in [-0.15, -0.1) is 0 Å². The number of hydrogen-bond acceptors (Lipinski definition) is 5. The van der Waals surface area contributed by atoms with E-state index in [4.69, 9.17) is 5.26 Å². The molecule has 0 aromatic rings. The predicted octanol–water partition coefficient (Wildman–Crippen LogP) is 2.11. The Labute approximate surface area is 142 Å². The van der Waals surface area contributed by atoms with Crippen LogP contribution in [0.1, 0.15) is 41.5 Å². The Kier molecular flexibility index (Phi) is 15.4. The highest BCUT2D eigenvalue weighted by molar-refractivity contribution is 7.89. The number of nitrogens with zero attached hydrogens (tertiary/aromatic N) is 3. The zero-order chi connectivity index (χ0) is 19.4. The fraction of sp³-hybridized carbons (Fsp3) is 0.867. The highest BCUT2D eigenvalue weighted by Crippen LogP contribution is 2.01. The number of carbonyl (C=O) groups excluding carboxylic acids is 1. The molecular weight excluding hydrogens is 318 g/mol. The third-order valence-corrected chi connectivity index (χ3v) is 4.65. The maximum absolute atomic E-state index is 11.0. The molecule has 0 saturated carbocycles. The van der Waals surface area contributed by atoms with Crippen LogP contribution in [0.2, 0.25) is 0 Å². The third-order valence-electron chi connectivity index (χ3n) is 2.44. The normalized spacial score (nSPS) is 10.7. The van der Waals surface area contributed by atoms with Gasteiger partial charge in [0.2, 0.25) is 15.9 Å². The van der Waals surface area contributed by atoms with Crippen LogP contribution in [0.3, 0.4) is 0 Å². The molecule has 0 aromatic carbocycles. The summed E-state index contributed by atoms with van der Waals surface area (Å²) in [6.07, 6.45) is 0. The van der Waals surface area contributed by atoms with Crippen LogP contribution in [0.15, 0.2) is 0 Å². The fourth-order valence-corrected chi connectivity index (χ4v) is 1.72. The standard InChI is InChI=1S/C6H13NO2.C5H13NO2S.C4H7N/c1-5(2)6(8)7(3)9-4;1-5(2)9(7,8)6(3)4;1-4(2)3-5/h2*5H,1-4H3;4H,1-2H3. The van der Waals surface area contributed by atoms with Gasteiger partial charge in [0, 0.05) is 33.0 Å². The molecule has 0 saturated heterocycles. The maximum Gasteiger partial charge on any atom is 0.248 e. The fourth-order valence-electron chi connectivity index (χ4n) is 0.875. The first-order valence-corrected chi connectivity index (χ1v) is 8.88. The Bertz CT molecular complexity index is 438. The molecule has 0 aliphatic rings. The van der Waals surface area contributed by atoms with E-state index in [1.807, 2.05) is 33.8 Å². The number of nitriles is 1. The van der Waals surface area contributed by atoms with Crippen LogP contribution in [-0.2, 0) is 19.7 Å². The second kappa shape index (κ2) is 13.3. The molecule has 23 heavy (non-hydrogen) atoms. The van der Waals surface area contributed by atoms with Crippen molar-refractivity contribution in [2.75, 3.05) is 28.3 Å². The molecule has 0 atom stereocenters. The van der Waals surface area contributed by atoms with Crippen LogP contribution in [0, 0.1) is 23.2 Å². The quantitative estimate of drug-likeness (QED) is 0.724. The van der Waals surface area contributed by atoms with Gasteiger partial charge in [0.15, 0.2) is 0 Å². The molecule has 0 bridgehead atoms. The zero-order valence-electron chi connectivity index (χ0n) is 16.1. The Morgan fingerprint density at radius 2 is 1.39 bits per heavy atom. The number of sulfonamides is 1. The average molecular weight is 352 g/mol. The van der Waals surface area contributed by atoms with E-state index in [0.717, 1.165) is 0 Å². The van der Waals surface area contributed by atoms with E-state index in [0.29, 0.717) is 0 Å². The van der Waals surface area contributed by atoms with Crippen molar-refractivity contribution in [1.29, 1.82) is 5.26 Å². The number of hydroxylamine groups is 2. The van der Waals surface area contributed by atoms with Crippen LogP contribution in [0.5, 0.6) is 0 Å². The molecule has 138 valence electrons. The summed E-state index contributed by atoms with van der Waals surface area (Å²) < 4.78 is 23.1. The lowest BCUT2D eigenvalue weighted by molar-refractivity contribution is -0.172. The van der Waals surface area contributed by atoms with Crippen LogP contribution >= 0.6 is 0 Å². The minimum absolute atomic E-state index is 0.00231. The van der Waals surface area contributed by atoms with Gasteiger partial charge in [-0.1, -0.05) is 13.8 Å². The van der Waals surface area contributed by atoms with E-state index in [1.54, 1.807) is 20.9 Å². The van der Waals surface area contributed by atoms with E-state index in [9.17, 15) is 13.2 Å². The van der Waals surface area contributed by atoms with Crippen LogP contribution in [0.25, 0.3) is 0 Å². The van der Waals surface area contributed by atoms with E-state index >= 15 is 0 Å². The van der Waals surface area contributed by atoms with Gasteiger partial charge in [0.25, 0.3) is 0 Å². The summed E-state index contributed by atoms with van der Waals surface area (Å²) in [6.45, 7) is 10.7. The van der Waals surface area contributed by atoms with Gasteiger partial charge in [-0.25, -0.2) is 17.8 Å². The van der Waals surface area contributed by atoms with Gasteiger partial charge < -0.3 is 0 Å². The van der Waals surface area contributed by atoms with E-state index in [2.05, 4.69) is 4.84 Å². The molecule has 0 rings (SSSR count). The summed E-state index contributed by atoms with van der Waals surface area (Å²) >= 11 is 0. The second-order valence-electron chi connectivity index (χ2n) is 5.83. The van der Waals surface area contributed by atoms with Crippen LogP contribution in [0.4, 0.5) is 0 Å². The molecule has 0 aliphatic carbocycles. The minimum atomic E-state index is -2.98. The van der Waals surface area contributed by atoms with Crippen molar-refractivity contribution < 1.29 is 18.0 Å². The molecule has 0 radical (unpaired) electrons. The van der Waals surface area contributed by atoms with Crippen molar-refractivity contribution in [2.45, 2.75) is 46.8 Å². The zero-order valence-corrected chi connectivity index (χ0v) is 16.9. The van der Waals surface area contributed by atoms with Crippen molar-refractivity contribution in [1.82, 2.24) is 9.37 Å². The van der Waals surface area contributed by atoms with Gasteiger partial charge in [0.05, 0.1) is 18.4 Å². The summed E-state index contributed by atoms with van der Waals surface area (Å²) in [5, 5.41) is 8.81. The van der Waals surface area contributed by atoms with Crippen molar-refractivity contribution >= 4 is 15.9 Å². The molecule has 0 heterocycles. The third kappa shape index (κ3) is 14.2.